The van der Waals surface area contributed by atoms with Gasteiger partial charge in [-0.25, -0.2) is 4.98 Å². The van der Waals surface area contributed by atoms with Crippen molar-refractivity contribution in [2.24, 2.45) is 4.99 Å². The number of rotatable bonds is 8. The van der Waals surface area contributed by atoms with Crippen LogP contribution in [-0.2, 0) is 5.41 Å². The Morgan fingerprint density at radius 2 is 1.08 bits per heavy atom. The topological polar surface area (TPSA) is 25.2 Å². The fourth-order valence-electron chi connectivity index (χ4n) is 7.26. The second kappa shape index (κ2) is 14.1. The molecule has 52 heavy (non-hydrogen) atoms. The van der Waals surface area contributed by atoms with Crippen molar-refractivity contribution in [2.45, 2.75) is 26.2 Å². The summed E-state index contributed by atoms with van der Waals surface area (Å²) in [6.45, 7) is 6.72. The Hall–Kier alpha value is -5.68. The lowest BCUT2D eigenvalue weighted by molar-refractivity contribution is 0.590. The number of hydrogen-bond acceptors (Lipinski definition) is 3. The Morgan fingerprint density at radius 3 is 1.69 bits per heavy atom. The molecule has 4 heteroatoms. The number of aliphatic imine (C=N–C) groups is 1. The van der Waals surface area contributed by atoms with Crippen molar-refractivity contribution in [3.8, 4) is 21.7 Å². The smallest absolute Gasteiger partial charge is 0.179 e. The summed E-state index contributed by atoms with van der Waals surface area (Å²) in [6, 6.07) is 66.0. The molecule has 1 heterocycles. The summed E-state index contributed by atoms with van der Waals surface area (Å²) in [7, 11) is -2.60. The van der Waals surface area contributed by atoms with Crippen LogP contribution in [0.25, 0.3) is 31.9 Å². The summed E-state index contributed by atoms with van der Waals surface area (Å²) < 4.78 is 1.16. The van der Waals surface area contributed by atoms with Crippen molar-refractivity contribution in [2.75, 3.05) is 0 Å². The fourth-order valence-corrected chi connectivity index (χ4v) is 13.0. The predicted molar refractivity (Wildman–Crippen MR) is 227 cm³/mol. The molecule has 0 saturated heterocycles. The summed E-state index contributed by atoms with van der Waals surface area (Å²) in [5.74, 6) is 0. The Kier molecular flexibility index (Phi) is 9.10. The van der Waals surface area contributed by atoms with Crippen molar-refractivity contribution in [1.82, 2.24) is 4.98 Å². The zero-order valence-corrected chi connectivity index (χ0v) is 31.5. The quantitative estimate of drug-likeness (QED) is 0.0878. The lowest BCUT2D eigenvalue weighted by Gasteiger charge is -2.34. The van der Waals surface area contributed by atoms with Crippen LogP contribution in [0.5, 0.6) is 0 Å². The van der Waals surface area contributed by atoms with Crippen LogP contribution in [0, 0.1) is 0 Å². The minimum Gasteiger partial charge on any atom is -0.256 e. The molecule has 0 radical (unpaired) electrons. The molecule has 0 N–H and O–H groups in total. The van der Waals surface area contributed by atoms with Crippen LogP contribution in [0.1, 0.15) is 31.9 Å². The molecule has 0 amide bonds. The molecule has 0 aliphatic carbocycles. The van der Waals surface area contributed by atoms with Crippen LogP contribution < -0.4 is 20.7 Å². The van der Waals surface area contributed by atoms with Gasteiger partial charge < -0.3 is 0 Å². The molecule has 0 aliphatic rings. The first-order chi connectivity index (χ1) is 25.4. The van der Waals surface area contributed by atoms with Crippen LogP contribution in [0.3, 0.4) is 0 Å². The van der Waals surface area contributed by atoms with Crippen molar-refractivity contribution in [1.29, 1.82) is 0 Å². The van der Waals surface area contributed by atoms with Gasteiger partial charge in [0, 0.05) is 17.3 Å². The van der Waals surface area contributed by atoms with Crippen LogP contribution >= 0.6 is 11.3 Å². The maximum atomic E-state index is 5.29. The summed E-state index contributed by atoms with van der Waals surface area (Å²) >= 11 is 1.72. The van der Waals surface area contributed by atoms with Crippen molar-refractivity contribution >= 4 is 62.3 Å². The summed E-state index contributed by atoms with van der Waals surface area (Å²) in [5, 5.41) is 6.43. The lowest BCUT2D eigenvalue weighted by atomic mass is 9.86. The first-order valence-electron chi connectivity index (χ1n) is 17.8. The van der Waals surface area contributed by atoms with Gasteiger partial charge in [0.15, 0.2) is 8.07 Å². The first-order valence-corrected chi connectivity index (χ1v) is 20.6. The van der Waals surface area contributed by atoms with Gasteiger partial charge in [0.1, 0.15) is 5.01 Å². The van der Waals surface area contributed by atoms with E-state index in [2.05, 4.69) is 197 Å². The van der Waals surface area contributed by atoms with E-state index in [-0.39, 0.29) is 5.41 Å². The molecule has 252 valence electrons. The van der Waals surface area contributed by atoms with E-state index < -0.39 is 8.07 Å². The third-order valence-electron chi connectivity index (χ3n) is 9.91. The number of hydrogen-bond donors (Lipinski definition) is 0. The van der Waals surface area contributed by atoms with Gasteiger partial charge in [-0.1, -0.05) is 178 Å². The van der Waals surface area contributed by atoms with Crippen molar-refractivity contribution in [3.63, 3.8) is 0 Å². The molecule has 8 rings (SSSR count). The van der Waals surface area contributed by atoms with Crippen LogP contribution in [0.4, 0.5) is 5.69 Å². The standard InChI is InChI=1S/C48H40N2SSi/c1-48(2,3)37-18-15-17-35(33-37)34-49-44-27-14-13-25-43(44)47-50-46-42(26-16-28-45(46)51-47)36-29-31-41(32-30-36)52(38-19-7-4-8-20-38,39-21-9-5-10-22-39)40-23-11-6-12-24-40/h4-34H,1-3H3. The Balaban J connectivity index is 1.19. The number of nitrogens with zero attached hydrogens (tertiary/aromatic N) is 2. The molecule has 0 bridgehead atoms. The van der Waals surface area contributed by atoms with Gasteiger partial charge in [0.2, 0.25) is 0 Å². The first kappa shape index (κ1) is 33.5. The van der Waals surface area contributed by atoms with E-state index in [1.54, 1.807) is 11.3 Å². The largest absolute Gasteiger partial charge is 0.256 e. The highest BCUT2D eigenvalue weighted by atomic mass is 32.1. The van der Waals surface area contributed by atoms with E-state index in [9.17, 15) is 0 Å². The van der Waals surface area contributed by atoms with E-state index in [1.807, 2.05) is 12.3 Å². The van der Waals surface area contributed by atoms with E-state index in [0.717, 1.165) is 43.2 Å². The van der Waals surface area contributed by atoms with Crippen LogP contribution in [0.15, 0.2) is 187 Å². The van der Waals surface area contributed by atoms with Gasteiger partial charge in [0.05, 0.1) is 15.9 Å². The van der Waals surface area contributed by atoms with Crippen molar-refractivity contribution < 1.29 is 0 Å². The number of aromatic nitrogens is 1. The SMILES string of the molecule is CC(C)(C)c1cccc(C=Nc2ccccc2-c2nc3c(-c4ccc([Si](c5ccccc5)(c5ccccc5)c5ccccc5)cc4)cccc3s2)c1. The minimum absolute atomic E-state index is 0.0809. The van der Waals surface area contributed by atoms with Crippen molar-refractivity contribution in [3.05, 3.63) is 193 Å². The zero-order chi connectivity index (χ0) is 35.5. The van der Waals surface area contributed by atoms with Gasteiger partial charge in [-0.15, -0.1) is 11.3 Å². The number of benzene rings is 7. The maximum absolute atomic E-state index is 5.29. The monoisotopic (exact) mass is 704 g/mol. The normalized spacial score (nSPS) is 12.1. The molecule has 0 atom stereocenters. The molecule has 8 aromatic rings. The van der Waals surface area contributed by atoms with Crippen LogP contribution in [-0.4, -0.2) is 19.3 Å². The third-order valence-corrected chi connectivity index (χ3v) is 15.8. The van der Waals surface area contributed by atoms with Gasteiger partial charge in [-0.3, -0.25) is 4.99 Å². The molecular weight excluding hydrogens is 665 g/mol. The molecule has 0 saturated carbocycles. The molecular formula is C48H40N2SSi. The highest BCUT2D eigenvalue weighted by Gasteiger charge is 2.41. The minimum atomic E-state index is -2.60. The average Bonchev–Trinajstić information content (AvgIpc) is 3.64. The van der Waals surface area contributed by atoms with Gasteiger partial charge in [-0.05, 0) is 67.1 Å². The highest BCUT2D eigenvalue weighted by Crippen LogP contribution is 2.39. The molecule has 0 spiro atoms. The molecule has 0 unspecified atom stereocenters. The molecule has 0 aliphatic heterocycles. The predicted octanol–water partition coefficient (Wildman–Crippen LogP) is 10.1. The molecule has 2 nitrogen and oxygen atoms in total. The van der Waals surface area contributed by atoms with E-state index in [1.165, 1.54) is 26.3 Å². The van der Waals surface area contributed by atoms with Gasteiger partial charge in [0.25, 0.3) is 0 Å². The Labute approximate surface area is 311 Å². The lowest BCUT2D eigenvalue weighted by Crippen LogP contribution is -2.74. The fraction of sp³-hybridized carbons (Fsp3) is 0.0833. The highest BCUT2D eigenvalue weighted by molar-refractivity contribution is 7.22. The summed E-state index contributed by atoms with van der Waals surface area (Å²) in [4.78, 5) is 10.3. The second-order valence-electron chi connectivity index (χ2n) is 14.2. The Morgan fingerprint density at radius 1 is 0.538 bits per heavy atom. The molecule has 0 fully saturated rings. The van der Waals surface area contributed by atoms with E-state index in [4.69, 9.17) is 9.98 Å². The molecule has 7 aromatic carbocycles. The maximum Gasteiger partial charge on any atom is 0.179 e. The zero-order valence-electron chi connectivity index (χ0n) is 29.7. The second-order valence-corrected chi connectivity index (χ2v) is 19.1. The summed E-state index contributed by atoms with van der Waals surface area (Å²) in [5.41, 5.74) is 7.74. The van der Waals surface area contributed by atoms with Gasteiger partial charge >= 0.3 is 0 Å². The number of para-hydroxylation sites is 2. The number of thiazole rings is 1. The van der Waals surface area contributed by atoms with E-state index >= 15 is 0 Å². The third kappa shape index (κ3) is 6.36. The van der Waals surface area contributed by atoms with Gasteiger partial charge in [-0.2, -0.15) is 0 Å². The van der Waals surface area contributed by atoms with E-state index in [0.29, 0.717) is 0 Å². The number of fused-ring (bicyclic) bond motifs is 1. The summed E-state index contributed by atoms with van der Waals surface area (Å²) in [6.07, 6.45) is 1.97. The molecule has 1 aromatic heterocycles. The van der Waals surface area contributed by atoms with Crippen LogP contribution in [0.2, 0.25) is 0 Å². The average molecular weight is 705 g/mol. The Bertz CT molecular complexity index is 2380.